The van der Waals surface area contributed by atoms with Gasteiger partial charge in [-0.15, -0.1) is 0 Å². The van der Waals surface area contributed by atoms with Crippen LogP contribution in [0.2, 0.25) is 0 Å². The van der Waals surface area contributed by atoms with Crippen molar-refractivity contribution < 1.29 is 14.1 Å². The van der Waals surface area contributed by atoms with Crippen molar-refractivity contribution in [3.05, 3.63) is 29.8 Å². The molecule has 4 heteroatoms. The highest BCUT2D eigenvalue weighted by molar-refractivity contribution is 7.79. The number of quaternary nitrogens is 1. The molecule has 0 bridgehead atoms. The molecule has 86 valence electrons. The second-order valence-corrected chi connectivity index (χ2v) is 4.09. The normalized spacial score (nSPS) is 11.5. The Bertz CT molecular complexity index is 283. The monoisotopic (exact) mass is 229 g/mol. The zero-order valence-electron chi connectivity index (χ0n) is 9.53. The zero-order chi connectivity index (χ0) is 11.7. The van der Waals surface area contributed by atoms with Crippen LogP contribution in [0.4, 0.5) is 0 Å². The molecule has 0 aromatic heterocycles. The van der Waals surface area contributed by atoms with E-state index in [9.17, 15) is 8.76 Å². The highest BCUT2D eigenvalue weighted by Crippen LogP contribution is 2.05. The SMILES string of the molecule is CC[NH2+]CC.Cc1ccc(S(=O)[O-])cc1. The summed E-state index contributed by atoms with van der Waals surface area (Å²) in [6.07, 6.45) is 0. The zero-order valence-corrected chi connectivity index (χ0v) is 10.3. The first kappa shape index (κ1) is 14.3. The summed E-state index contributed by atoms with van der Waals surface area (Å²) in [5.41, 5.74) is 1.06. The van der Waals surface area contributed by atoms with Crippen LogP contribution in [0.25, 0.3) is 0 Å². The molecule has 0 aliphatic carbocycles. The van der Waals surface area contributed by atoms with Gasteiger partial charge in [0.25, 0.3) is 0 Å². The summed E-state index contributed by atoms with van der Waals surface area (Å²) in [7, 11) is 0. The molecular weight excluding hydrogens is 210 g/mol. The molecule has 3 nitrogen and oxygen atoms in total. The van der Waals surface area contributed by atoms with Gasteiger partial charge in [0.1, 0.15) is 0 Å². The minimum absolute atomic E-state index is 0.339. The molecule has 0 fully saturated rings. The lowest BCUT2D eigenvalue weighted by Crippen LogP contribution is -2.82. The number of aryl methyl sites for hydroxylation is 1. The molecule has 15 heavy (non-hydrogen) atoms. The smallest absolute Gasteiger partial charge is 0.0726 e. The highest BCUT2D eigenvalue weighted by Gasteiger charge is 1.88. The van der Waals surface area contributed by atoms with E-state index in [1.54, 1.807) is 24.3 Å². The van der Waals surface area contributed by atoms with E-state index in [0.717, 1.165) is 5.56 Å². The third-order valence-corrected chi connectivity index (χ3v) is 2.45. The molecule has 1 aromatic carbocycles. The standard InChI is InChI=1S/C7H8O2S.C4H11N/c1-6-2-4-7(5-3-6)10(8)9;1-3-5-4-2/h2-5H,1H3,(H,8,9);5H,3-4H2,1-2H3. The van der Waals surface area contributed by atoms with Crippen molar-refractivity contribution in [3.8, 4) is 0 Å². The van der Waals surface area contributed by atoms with Crippen LogP contribution in [0, 0.1) is 6.92 Å². The minimum atomic E-state index is -2.09. The van der Waals surface area contributed by atoms with E-state index in [2.05, 4.69) is 19.2 Å². The molecule has 2 N–H and O–H groups in total. The van der Waals surface area contributed by atoms with E-state index in [-0.39, 0.29) is 0 Å². The Morgan fingerprint density at radius 1 is 1.20 bits per heavy atom. The summed E-state index contributed by atoms with van der Waals surface area (Å²) in [5, 5.41) is 2.25. The van der Waals surface area contributed by atoms with Crippen molar-refractivity contribution in [2.45, 2.75) is 25.7 Å². The van der Waals surface area contributed by atoms with Crippen LogP contribution < -0.4 is 5.32 Å². The topological polar surface area (TPSA) is 56.7 Å². The van der Waals surface area contributed by atoms with Gasteiger partial charge >= 0.3 is 0 Å². The molecule has 0 spiro atoms. The fourth-order valence-corrected chi connectivity index (χ4v) is 1.30. The largest absolute Gasteiger partial charge is 0.768 e. The summed E-state index contributed by atoms with van der Waals surface area (Å²) < 4.78 is 20.6. The third kappa shape index (κ3) is 7.25. The summed E-state index contributed by atoms with van der Waals surface area (Å²) in [6.45, 7) is 8.66. The lowest BCUT2D eigenvalue weighted by atomic mass is 10.2. The number of hydrogen-bond donors (Lipinski definition) is 1. The fourth-order valence-electron chi connectivity index (χ4n) is 0.938. The van der Waals surface area contributed by atoms with E-state index in [0.29, 0.717) is 4.90 Å². The van der Waals surface area contributed by atoms with Crippen LogP contribution in [0.3, 0.4) is 0 Å². The van der Waals surface area contributed by atoms with Crippen molar-refractivity contribution in [1.82, 2.24) is 0 Å². The predicted octanol–water partition coefficient (Wildman–Crippen LogP) is 0.823. The van der Waals surface area contributed by atoms with Gasteiger partial charge < -0.3 is 9.87 Å². The average Bonchev–Trinajstić information content (AvgIpc) is 2.20. The molecule has 0 amide bonds. The van der Waals surface area contributed by atoms with Crippen LogP contribution in [-0.4, -0.2) is 21.9 Å². The first-order valence-electron chi connectivity index (χ1n) is 5.09. The molecule has 1 atom stereocenters. The Morgan fingerprint density at radius 3 is 1.93 bits per heavy atom. The Balaban J connectivity index is 0.000000336. The lowest BCUT2D eigenvalue weighted by molar-refractivity contribution is -0.648. The van der Waals surface area contributed by atoms with E-state index < -0.39 is 11.1 Å². The van der Waals surface area contributed by atoms with Gasteiger partial charge in [-0.2, -0.15) is 0 Å². The molecule has 0 saturated carbocycles. The number of benzene rings is 1. The number of nitrogens with two attached hydrogens (primary N) is 1. The molecule has 0 saturated heterocycles. The average molecular weight is 229 g/mol. The third-order valence-electron chi connectivity index (χ3n) is 1.79. The quantitative estimate of drug-likeness (QED) is 0.780. The predicted molar refractivity (Wildman–Crippen MR) is 61.4 cm³/mol. The second-order valence-electron chi connectivity index (χ2n) is 3.15. The summed E-state index contributed by atoms with van der Waals surface area (Å²) >= 11 is -2.09. The van der Waals surface area contributed by atoms with Crippen LogP contribution in [0.1, 0.15) is 19.4 Å². The molecule has 1 rings (SSSR count). The van der Waals surface area contributed by atoms with Crippen LogP contribution >= 0.6 is 0 Å². The Kier molecular flexibility index (Phi) is 8.18. The molecule has 0 aliphatic rings. The van der Waals surface area contributed by atoms with E-state index in [4.69, 9.17) is 0 Å². The van der Waals surface area contributed by atoms with Crippen LogP contribution in [0.5, 0.6) is 0 Å². The van der Waals surface area contributed by atoms with E-state index in [1.165, 1.54) is 13.1 Å². The maximum atomic E-state index is 10.3. The summed E-state index contributed by atoms with van der Waals surface area (Å²) in [4.78, 5) is 0.339. The van der Waals surface area contributed by atoms with Gasteiger partial charge in [-0.25, -0.2) is 0 Å². The summed E-state index contributed by atoms with van der Waals surface area (Å²) in [5.74, 6) is 0. The first-order valence-corrected chi connectivity index (χ1v) is 6.16. The van der Waals surface area contributed by atoms with E-state index in [1.807, 2.05) is 6.92 Å². The van der Waals surface area contributed by atoms with Gasteiger partial charge in [-0.3, -0.25) is 4.21 Å². The second kappa shape index (κ2) is 8.59. The maximum absolute atomic E-state index is 10.3. The van der Waals surface area contributed by atoms with Crippen molar-refractivity contribution in [2.75, 3.05) is 13.1 Å². The maximum Gasteiger partial charge on any atom is 0.0726 e. The Hall–Kier alpha value is -0.710. The van der Waals surface area contributed by atoms with Gasteiger partial charge in [0, 0.05) is 4.90 Å². The fraction of sp³-hybridized carbons (Fsp3) is 0.455. The van der Waals surface area contributed by atoms with Crippen LogP contribution in [-0.2, 0) is 11.1 Å². The van der Waals surface area contributed by atoms with Crippen LogP contribution in [0.15, 0.2) is 29.2 Å². The Morgan fingerprint density at radius 2 is 1.67 bits per heavy atom. The van der Waals surface area contributed by atoms with Crippen molar-refractivity contribution >= 4 is 11.1 Å². The summed E-state index contributed by atoms with van der Waals surface area (Å²) in [6, 6.07) is 6.70. The molecule has 1 aromatic rings. The van der Waals surface area contributed by atoms with E-state index >= 15 is 0 Å². The lowest BCUT2D eigenvalue weighted by Gasteiger charge is -2.03. The van der Waals surface area contributed by atoms with Gasteiger partial charge in [-0.1, -0.05) is 17.7 Å². The molecule has 0 aliphatic heterocycles. The van der Waals surface area contributed by atoms with Gasteiger partial charge in [0.15, 0.2) is 0 Å². The minimum Gasteiger partial charge on any atom is -0.768 e. The van der Waals surface area contributed by atoms with Crippen molar-refractivity contribution in [3.63, 3.8) is 0 Å². The van der Waals surface area contributed by atoms with Crippen molar-refractivity contribution in [1.29, 1.82) is 0 Å². The van der Waals surface area contributed by atoms with Gasteiger partial charge in [-0.05, 0) is 44.0 Å². The molecular formula is C11H19NO2S. The Labute approximate surface area is 94.2 Å². The van der Waals surface area contributed by atoms with Crippen molar-refractivity contribution in [2.24, 2.45) is 0 Å². The molecule has 0 radical (unpaired) electrons. The molecule has 1 unspecified atom stereocenters. The molecule has 0 heterocycles. The van der Waals surface area contributed by atoms with Gasteiger partial charge in [0.2, 0.25) is 0 Å². The first-order chi connectivity index (χ1) is 7.11. The highest BCUT2D eigenvalue weighted by atomic mass is 32.2. The van der Waals surface area contributed by atoms with Gasteiger partial charge in [0.05, 0.1) is 13.1 Å². The number of hydrogen-bond acceptors (Lipinski definition) is 2. The number of rotatable bonds is 3.